The Kier molecular flexibility index (Phi) is 4.29. The van der Waals surface area contributed by atoms with Gasteiger partial charge in [-0.25, -0.2) is 18.4 Å². The summed E-state index contributed by atoms with van der Waals surface area (Å²) in [6.07, 6.45) is -0.939. The molecule has 0 aromatic heterocycles. The number of primary sulfonamides is 1. The minimum absolute atomic E-state index is 0.0504. The van der Waals surface area contributed by atoms with Gasteiger partial charge in [-0.15, -0.1) is 0 Å². The number of carbonyl (C=O) groups excluding carboxylic acids is 1. The van der Waals surface area contributed by atoms with Gasteiger partial charge in [-0.1, -0.05) is 11.6 Å². The highest BCUT2D eigenvalue weighted by molar-refractivity contribution is 7.89. The molecule has 0 unspecified atom stereocenters. The number of halogens is 1. The number of sulfonamides is 1. The molecule has 0 spiro atoms. The Balaban J connectivity index is 3.15. The number of nitriles is 1. The topological polar surface area (TPSA) is 110 Å². The van der Waals surface area contributed by atoms with Crippen molar-refractivity contribution in [3.63, 3.8) is 0 Å². The van der Waals surface area contributed by atoms with Crippen LogP contribution in [0, 0.1) is 11.3 Å². The molecule has 1 aromatic rings. The van der Waals surface area contributed by atoms with Crippen LogP contribution in [0.4, 0.5) is 0 Å². The van der Waals surface area contributed by atoms with Gasteiger partial charge in [0.25, 0.3) is 0 Å². The molecule has 96 valence electrons. The molecule has 0 saturated heterocycles. The summed E-state index contributed by atoms with van der Waals surface area (Å²) >= 11 is 5.65. The molecule has 0 radical (unpaired) electrons. The number of esters is 1. The van der Waals surface area contributed by atoms with Crippen LogP contribution in [-0.4, -0.2) is 20.5 Å². The third kappa shape index (κ3) is 3.43. The first kappa shape index (κ1) is 14.4. The van der Waals surface area contributed by atoms with Crippen LogP contribution in [0.25, 0.3) is 0 Å². The Hall–Kier alpha value is -1.62. The maximum Gasteiger partial charge on any atom is 0.339 e. The average molecular weight is 289 g/mol. The summed E-state index contributed by atoms with van der Waals surface area (Å²) in [6, 6.07) is 5.21. The Morgan fingerprint density at radius 2 is 2.17 bits per heavy atom. The molecule has 0 saturated carbocycles. The van der Waals surface area contributed by atoms with Crippen molar-refractivity contribution >= 4 is 27.6 Å². The van der Waals surface area contributed by atoms with Crippen molar-refractivity contribution in [3.05, 3.63) is 28.8 Å². The maximum absolute atomic E-state index is 11.6. The van der Waals surface area contributed by atoms with Crippen LogP contribution in [0.1, 0.15) is 17.3 Å². The van der Waals surface area contributed by atoms with Crippen LogP contribution < -0.4 is 5.14 Å². The molecule has 1 rings (SSSR count). The van der Waals surface area contributed by atoms with Crippen molar-refractivity contribution in [3.8, 4) is 6.07 Å². The van der Waals surface area contributed by atoms with Gasteiger partial charge in [0.2, 0.25) is 10.0 Å². The molecular formula is C10H9ClN2O4S. The second-order valence-corrected chi connectivity index (χ2v) is 5.30. The minimum Gasteiger partial charge on any atom is -0.444 e. The summed E-state index contributed by atoms with van der Waals surface area (Å²) in [6.45, 7) is 1.38. The molecule has 0 amide bonds. The minimum atomic E-state index is -4.03. The first-order valence-electron chi connectivity index (χ1n) is 4.68. The van der Waals surface area contributed by atoms with Crippen LogP contribution in [-0.2, 0) is 14.8 Å². The van der Waals surface area contributed by atoms with E-state index in [0.29, 0.717) is 0 Å². The molecule has 2 N–H and O–H groups in total. The molecular weight excluding hydrogens is 280 g/mol. The van der Waals surface area contributed by atoms with E-state index in [-0.39, 0.29) is 15.5 Å². The van der Waals surface area contributed by atoms with Crippen LogP contribution in [0.5, 0.6) is 0 Å². The summed E-state index contributed by atoms with van der Waals surface area (Å²) in [5.41, 5.74) is -0.0504. The fraction of sp³-hybridized carbons (Fsp3) is 0.200. The maximum atomic E-state index is 11.6. The van der Waals surface area contributed by atoms with E-state index in [1.54, 1.807) is 6.07 Å². The van der Waals surface area contributed by atoms with E-state index >= 15 is 0 Å². The number of benzene rings is 1. The Bertz CT molecular complexity index is 621. The largest absolute Gasteiger partial charge is 0.444 e. The number of nitrogens with two attached hydrogens (primary N) is 1. The zero-order chi connectivity index (χ0) is 13.9. The first-order valence-corrected chi connectivity index (χ1v) is 6.61. The van der Waals surface area contributed by atoms with Crippen molar-refractivity contribution in [2.24, 2.45) is 5.14 Å². The predicted molar refractivity (Wildman–Crippen MR) is 63.3 cm³/mol. The number of carbonyl (C=O) groups is 1. The summed E-state index contributed by atoms with van der Waals surface area (Å²) < 4.78 is 27.1. The van der Waals surface area contributed by atoms with Gasteiger partial charge in [-0.05, 0) is 25.1 Å². The standard InChI is InChI=1S/C10H9ClN2O4S/c1-6(5-12)17-10(14)7-2-3-8(11)9(4-7)18(13,15)16/h2-4,6H,1H3,(H2,13,15,16)/t6-/m1/s1. The number of rotatable bonds is 3. The van der Waals surface area contributed by atoms with Crippen molar-refractivity contribution in [2.45, 2.75) is 17.9 Å². The van der Waals surface area contributed by atoms with Gasteiger partial charge >= 0.3 is 5.97 Å². The van der Waals surface area contributed by atoms with Gasteiger partial charge in [0.05, 0.1) is 10.6 Å². The number of nitrogens with zero attached hydrogens (tertiary/aromatic N) is 1. The third-order valence-electron chi connectivity index (χ3n) is 1.94. The van der Waals surface area contributed by atoms with Crippen molar-refractivity contribution in [1.82, 2.24) is 0 Å². The molecule has 8 heteroatoms. The SMILES string of the molecule is C[C@H](C#N)OC(=O)c1ccc(Cl)c(S(N)(=O)=O)c1. The van der Waals surface area contributed by atoms with Gasteiger partial charge in [0.1, 0.15) is 11.0 Å². The molecule has 1 atom stereocenters. The van der Waals surface area contributed by atoms with E-state index in [4.69, 9.17) is 26.7 Å². The summed E-state index contributed by atoms with van der Waals surface area (Å²) in [5, 5.41) is 13.3. The summed E-state index contributed by atoms with van der Waals surface area (Å²) in [7, 11) is -4.03. The van der Waals surface area contributed by atoms with E-state index in [1.165, 1.54) is 19.1 Å². The molecule has 18 heavy (non-hydrogen) atoms. The van der Waals surface area contributed by atoms with E-state index in [9.17, 15) is 13.2 Å². The molecule has 0 heterocycles. The molecule has 0 aliphatic heterocycles. The fourth-order valence-electron chi connectivity index (χ4n) is 1.10. The van der Waals surface area contributed by atoms with Gasteiger partial charge < -0.3 is 4.74 Å². The second-order valence-electron chi connectivity index (χ2n) is 3.37. The zero-order valence-electron chi connectivity index (χ0n) is 9.25. The van der Waals surface area contributed by atoms with Crippen molar-refractivity contribution in [1.29, 1.82) is 5.26 Å². The Labute approximate surface area is 109 Å². The van der Waals surface area contributed by atoms with E-state index in [2.05, 4.69) is 0 Å². The normalized spacial score (nSPS) is 12.6. The quantitative estimate of drug-likeness (QED) is 0.836. The lowest BCUT2D eigenvalue weighted by Gasteiger charge is -2.07. The molecule has 0 aliphatic rings. The van der Waals surface area contributed by atoms with Crippen LogP contribution >= 0.6 is 11.6 Å². The lowest BCUT2D eigenvalue weighted by Crippen LogP contribution is -2.16. The zero-order valence-corrected chi connectivity index (χ0v) is 10.8. The summed E-state index contributed by atoms with van der Waals surface area (Å²) in [5.74, 6) is -0.828. The van der Waals surface area contributed by atoms with Gasteiger partial charge in [0.15, 0.2) is 6.10 Å². The Morgan fingerprint density at radius 3 is 2.67 bits per heavy atom. The highest BCUT2D eigenvalue weighted by Crippen LogP contribution is 2.22. The highest BCUT2D eigenvalue weighted by atomic mass is 35.5. The first-order chi connectivity index (χ1) is 8.25. The number of ether oxygens (including phenoxy) is 1. The lowest BCUT2D eigenvalue weighted by atomic mass is 10.2. The highest BCUT2D eigenvalue weighted by Gasteiger charge is 2.18. The van der Waals surface area contributed by atoms with Crippen LogP contribution in [0.15, 0.2) is 23.1 Å². The molecule has 0 aliphatic carbocycles. The molecule has 0 bridgehead atoms. The Morgan fingerprint density at radius 1 is 1.56 bits per heavy atom. The average Bonchev–Trinajstić information content (AvgIpc) is 2.27. The smallest absolute Gasteiger partial charge is 0.339 e. The lowest BCUT2D eigenvalue weighted by molar-refractivity contribution is 0.0435. The monoisotopic (exact) mass is 288 g/mol. The van der Waals surface area contributed by atoms with Gasteiger partial charge in [-0.3, -0.25) is 0 Å². The van der Waals surface area contributed by atoms with E-state index < -0.39 is 22.1 Å². The van der Waals surface area contributed by atoms with Gasteiger partial charge in [-0.2, -0.15) is 5.26 Å². The van der Waals surface area contributed by atoms with Crippen LogP contribution in [0.3, 0.4) is 0 Å². The van der Waals surface area contributed by atoms with Crippen LogP contribution in [0.2, 0.25) is 5.02 Å². The van der Waals surface area contributed by atoms with Crippen molar-refractivity contribution in [2.75, 3.05) is 0 Å². The van der Waals surface area contributed by atoms with Crippen molar-refractivity contribution < 1.29 is 17.9 Å². The molecule has 0 fully saturated rings. The number of hydrogen-bond acceptors (Lipinski definition) is 5. The van der Waals surface area contributed by atoms with E-state index in [0.717, 1.165) is 6.07 Å². The van der Waals surface area contributed by atoms with E-state index in [1.807, 2.05) is 0 Å². The summed E-state index contributed by atoms with van der Waals surface area (Å²) in [4.78, 5) is 11.2. The fourth-order valence-corrected chi connectivity index (χ4v) is 2.17. The second kappa shape index (κ2) is 5.35. The molecule has 1 aromatic carbocycles. The van der Waals surface area contributed by atoms with Gasteiger partial charge in [0, 0.05) is 0 Å². The third-order valence-corrected chi connectivity index (χ3v) is 3.33. The molecule has 6 nitrogen and oxygen atoms in total. The number of hydrogen-bond donors (Lipinski definition) is 1. The predicted octanol–water partition coefficient (Wildman–Crippen LogP) is 1.06.